The van der Waals surface area contributed by atoms with Gasteiger partial charge in [-0.05, 0) is 56.0 Å². The van der Waals surface area contributed by atoms with Gasteiger partial charge in [-0.2, -0.15) is 0 Å². The SMILES string of the molecule is CCNCC1(CCSc2ccccc2)CCOC1C1CC1. The van der Waals surface area contributed by atoms with Crippen molar-refractivity contribution in [1.29, 1.82) is 0 Å². The maximum absolute atomic E-state index is 6.14. The molecular formula is C18H27NOS. The summed E-state index contributed by atoms with van der Waals surface area (Å²) in [6.07, 6.45) is 5.76. The first-order chi connectivity index (χ1) is 10.3. The second kappa shape index (κ2) is 7.17. The van der Waals surface area contributed by atoms with Crippen LogP contribution in [0.2, 0.25) is 0 Å². The summed E-state index contributed by atoms with van der Waals surface area (Å²) in [6.45, 7) is 5.35. The molecule has 0 spiro atoms. The number of nitrogens with one attached hydrogen (secondary N) is 1. The fourth-order valence-corrected chi connectivity index (χ4v) is 4.64. The highest BCUT2D eigenvalue weighted by molar-refractivity contribution is 7.99. The molecule has 1 aliphatic carbocycles. The molecule has 1 aromatic rings. The van der Waals surface area contributed by atoms with Gasteiger partial charge in [0.2, 0.25) is 0 Å². The summed E-state index contributed by atoms with van der Waals surface area (Å²) in [4.78, 5) is 1.39. The zero-order valence-electron chi connectivity index (χ0n) is 13.0. The number of hydrogen-bond donors (Lipinski definition) is 1. The monoisotopic (exact) mass is 305 g/mol. The van der Waals surface area contributed by atoms with E-state index in [0.29, 0.717) is 11.5 Å². The summed E-state index contributed by atoms with van der Waals surface area (Å²) >= 11 is 1.99. The quantitative estimate of drug-likeness (QED) is 0.735. The Morgan fingerprint density at radius 2 is 2.10 bits per heavy atom. The van der Waals surface area contributed by atoms with Crippen LogP contribution in [-0.2, 0) is 4.74 Å². The van der Waals surface area contributed by atoms with Crippen molar-refractivity contribution in [2.45, 2.75) is 43.6 Å². The van der Waals surface area contributed by atoms with Gasteiger partial charge in [-0.3, -0.25) is 0 Å². The third-order valence-electron chi connectivity index (χ3n) is 4.89. The molecule has 1 aromatic carbocycles. The minimum absolute atomic E-state index is 0.374. The van der Waals surface area contributed by atoms with Crippen molar-refractivity contribution in [2.75, 3.05) is 25.4 Å². The standard InChI is InChI=1S/C18H27NOS/c1-2-19-14-18(10-12-20-17(18)15-8-9-15)11-13-21-16-6-4-3-5-7-16/h3-7,15,17,19H,2,8-14H2,1H3. The lowest BCUT2D eigenvalue weighted by atomic mass is 9.76. The lowest BCUT2D eigenvalue weighted by molar-refractivity contribution is 0.0295. The summed E-state index contributed by atoms with van der Waals surface area (Å²) in [6, 6.07) is 10.8. The molecule has 0 amide bonds. The predicted molar refractivity (Wildman–Crippen MR) is 89.8 cm³/mol. The molecule has 0 bridgehead atoms. The smallest absolute Gasteiger partial charge is 0.0672 e. The van der Waals surface area contributed by atoms with Gasteiger partial charge >= 0.3 is 0 Å². The van der Waals surface area contributed by atoms with Crippen molar-refractivity contribution < 1.29 is 4.74 Å². The van der Waals surface area contributed by atoms with E-state index in [2.05, 4.69) is 42.6 Å². The lowest BCUT2D eigenvalue weighted by Gasteiger charge is -2.34. The second-order valence-corrected chi connectivity index (χ2v) is 7.60. The summed E-state index contributed by atoms with van der Waals surface area (Å²) in [5.41, 5.74) is 0.374. The summed E-state index contributed by atoms with van der Waals surface area (Å²) in [5.74, 6) is 2.04. The van der Waals surface area contributed by atoms with Crippen molar-refractivity contribution in [1.82, 2.24) is 5.32 Å². The normalized spacial score (nSPS) is 28.9. The van der Waals surface area contributed by atoms with Crippen LogP contribution >= 0.6 is 11.8 Å². The number of rotatable bonds is 8. The van der Waals surface area contributed by atoms with Crippen LogP contribution in [0.3, 0.4) is 0 Å². The van der Waals surface area contributed by atoms with E-state index in [1.807, 2.05) is 11.8 Å². The van der Waals surface area contributed by atoms with Crippen molar-refractivity contribution in [3.8, 4) is 0 Å². The lowest BCUT2D eigenvalue weighted by Crippen LogP contribution is -2.42. The molecule has 1 saturated heterocycles. The summed E-state index contributed by atoms with van der Waals surface area (Å²) in [7, 11) is 0. The molecule has 2 atom stereocenters. The largest absolute Gasteiger partial charge is 0.377 e. The number of thioether (sulfide) groups is 1. The Balaban J connectivity index is 1.59. The Bertz CT molecular complexity index is 434. The van der Waals surface area contributed by atoms with Gasteiger partial charge in [0.1, 0.15) is 0 Å². The molecule has 2 unspecified atom stereocenters. The highest BCUT2D eigenvalue weighted by atomic mass is 32.2. The molecule has 21 heavy (non-hydrogen) atoms. The van der Waals surface area contributed by atoms with Crippen LogP contribution in [0.15, 0.2) is 35.2 Å². The molecule has 2 nitrogen and oxygen atoms in total. The summed E-state index contributed by atoms with van der Waals surface area (Å²) < 4.78 is 6.14. The molecule has 0 aromatic heterocycles. The topological polar surface area (TPSA) is 21.3 Å². The molecule has 3 rings (SSSR count). The fraction of sp³-hybridized carbons (Fsp3) is 0.667. The average molecular weight is 305 g/mol. The molecule has 116 valence electrons. The Labute approximate surface area is 133 Å². The Kier molecular flexibility index (Phi) is 5.25. The van der Waals surface area contributed by atoms with Crippen LogP contribution in [0.25, 0.3) is 0 Å². The van der Waals surface area contributed by atoms with Crippen LogP contribution in [-0.4, -0.2) is 31.6 Å². The molecule has 1 aliphatic heterocycles. The number of hydrogen-bond acceptors (Lipinski definition) is 3. The molecule has 1 saturated carbocycles. The van der Waals surface area contributed by atoms with Crippen LogP contribution in [0.4, 0.5) is 0 Å². The molecule has 2 aliphatic rings. The molecular weight excluding hydrogens is 278 g/mol. The van der Waals surface area contributed by atoms with E-state index in [1.165, 1.54) is 36.3 Å². The maximum Gasteiger partial charge on any atom is 0.0672 e. The van der Waals surface area contributed by atoms with Crippen molar-refractivity contribution in [3.63, 3.8) is 0 Å². The molecule has 1 heterocycles. The zero-order valence-corrected chi connectivity index (χ0v) is 13.8. The van der Waals surface area contributed by atoms with Gasteiger partial charge in [0, 0.05) is 23.5 Å². The van der Waals surface area contributed by atoms with Crippen LogP contribution < -0.4 is 5.32 Å². The Morgan fingerprint density at radius 3 is 2.81 bits per heavy atom. The van der Waals surface area contributed by atoms with E-state index in [0.717, 1.165) is 25.6 Å². The van der Waals surface area contributed by atoms with Gasteiger partial charge in [-0.25, -0.2) is 0 Å². The maximum atomic E-state index is 6.14. The third kappa shape index (κ3) is 3.82. The highest BCUT2D eigenvalue weighted by Gasteiger charge is 2.50. The molecule has 0 radical (unpaired) electrons. The number of ether oxygens (including phenoxy) is 1. The first kappa shape index (κ1) is 15.4. The number of benzene rings is 1. The zero-order chi connectivity index (χ0) is 14.5. The molecule has 3 heteroatoms. The van der Waals surface area contributed by atoms with Gasteiger partial charge in [-0.1, -0.05) is 25.1 Å². The van der Waals surface area contributed by atoms with E-state index in [4.69, 9.17) is 4.74 Å². The summed E-state index contributed by atoms with van der Waals surface area (Å²) in [5, 5.41) is 3.60. The van der Waals surface area contributed by atoms with Crippen molar-refractivity contribution in [3.05, 3.63) is 30.3 Å². The Morgan fingerprint density at radius 1 is 1.29 bits per heavy atom. The predicted octanol–water partition coefficient (Wildman–Crippen LogP) is 3.96. The van der Waals surface area contributed by atoms with E-state index in [1.54, 1.807) is 0 Å². The second-order valence-electron chi connectivity index (χ2n) is 6.43. The highest BCUT2D eigenvalue weighted by Crippen LogP contribution is 2.49. The van der Waals surface area contributed by atoms with Crippen molar-refractivity contribution in [2.24, 2.45) is 11.3 Å². The van der Waals surface area contributed by atoms with Crippen LogP contribution in [0.5, 0.6) is 0 Å². The van der Waals surface area contributed by atoms with E-state index in [9.17, 15) is 0 Å². The molecule has 2 fully saturated rings. The van der Waals surface area contributed by atoms with Gasteiger partial charge in [0.05, 0.1) is 6.10 Å². The van der Waals surface area contributed by atoms with Gasteiger partial charge in [0.15, 0.2) is 0 Å². The van der Waals surface area contributed by atoms with Gasteiger partial charge in [-0.15, -0.1) is 11.8 Å². The van der Waals surface area contributed by atoms with E-state index >= 15 is 0 Å². The minimum atomic E-state index is 0.374. The van der Waals surface area contributed by atoms with E-state index in [-0.39, 0.29) is 0 Å². The van der Waals surface area contributed by atoms with Crippen molar-refractivity contribution >= 4 is 11.8 Å². The van der Waals surface area contributed by atoms with Gasteiger partial charge < -0.3 is 10.1 Å². The average Bonchev–Trinajstić information content (AvgIpc) is 3.28. The first-order valence-electron chi connectivity index (χ1n) is 8.34. The van der Waals surface area contributed by atoms with E-state index < -0.39 is 0 Å². The Hall–Kier alpha value is -0.510. The molecule has 1 N–H and O–H groups in total. The first-order valence-corrected chi connectivity index (χ1v) is 9.33. The third-order valence-corrected chi connectivity index (χ3v) is 5.90. The fourth-order valence-electron chi connectivity index (χ4n) is 3.55. The van der Waals surface area contributed by atoms with Crippen LogP contribution in [0, 0.1) is 11.3 Å². The van der Waals surface area contributed by atoms with Crippen LogP contribution in [0.1, 0.15) is 32.6 Å². The van der Waals surface area contributed by atoms with Gasteiger partial charge in [0.25, 0.3) is 0 Å². The minimum Gasteiger partial charge on any atom is -0.377 e.